The van der Waals surface area contributed by atoms with Gasteiger partial charge in [-0.1, -0.05) is 32.1 Å². The first-order valence-electron chi connectivity index (χ1n) is 6.15. The largest absolute Gasteiger partial charge is 0.342 e. The van der Waals surface area contributed by atoms with Gasteiger partial charge in [0.25, 0.3) is 0 Å². The quantitative estimate of drug-likeness (QED) is 0.691. The molecule has 0 spiro atoms. The molecule has 16 heavy (non-hydrogen) atoms. The summed E-state index contributed by atoms with van der Waals surface area (Å²) in [5, 5.41) is 2.95. The molecule has 1 amide bonds. The van der Waals surface area contributed by atoms with E-state index in [1.54, 1.807) is 0 Å². The number of nitrogens with one attached hydrogen (secondary N) is 1. The zero-order valence-corrected chi connectivity index (χ0v) is 10.1. The Balaban J connectivity index is 2.59. The molecule has 1 saturated carbocycles. The van der Waals surface area contributed by atoms with Gasteiger partial charge in [-0.3, -0.25) is 4.79 Å². The summed E-state index contributed by atoms with van der Waals surface area (Å²) in [7, 11) is 0. The van der Waals surface area contributed by atoms with Gasteiger partial charge in [0.05, 0.1) is 11.5 Å². The summed E-state index contributed by atoms with van der Waals surface area (Å²) in [5.41, 5.74) is 5.40. The molecular formula is C13H22N2O. The topological polar surface area (TPSA) is 55.1 Å². The second-order valence-electron chi connectivity index (χ2n) is 4.67. The van der Waals surface area contributed by atoms with Crippen molar-refractivity contribution in [1.29, 1.82) is 0 Å². The van der Waals surface area contributed by atoms with Crippen molar-refractivity contribution in [2.24, 2.45) is 11.1 Å². The highest BCUT2D eigenvalue weighted by molar-refractivity contribution is 5.83. The number of amides is 1. The fraction of sp³-hybridized carbons (Fsp3) is 0.769. The van der Waals surface area contributed by atoms with Gasteiger partial charge in [-0.25, -0.2) is 0 Å². The van der Waals surface area contributed by atoms with Gasteiger partial charge in [-0.05, 0) is 19.3 Å². The third-order valence-electron chi connectivity index (χ3n) is 3.52. The molecule has 0 aromatic heterocycles. The van der Waals surface area contributed by atoms with Gasteiger partial charge in [0, 0.05) is 6.54 Å². The molecule has 1 atom stereocenters. The lowest BCUT2D eigenvalue weighted by Gasteiger charge is -2.27. The molecule has 1 fully saturated rings. The van der Waals surface area contributed by atoms with Gasteiger partial charge in [0.2, 0.25) is 5.91 Å². The molecule has 1 rings (SSSR count). The summed E-state index contributed by atoms with van der Waals surface area (Å²) in [4.78, 5) is 12.2. The Morgan fingerprint density at radius 2 is 2.19 bits per heavy atom. The lowest BCUT2D eigenvalue weighted by atomic mass is 9.85. The minimum Gasteiger partial charge on any atom is -0.342 e. The van der Waals surface area contributed by atoms with Gasteiger partial charge in [0.1, 0.15) is 0 Å². The molecule has 3 heteroatoms. The maximum atomic E-state index is 12.2. The zero-order valence-electron chi connectivity index (χ0n) is 10.1. The van der Waals surface area contributed by atoms with Gasteiger partial charge >= 0.3 is 0 Å². The molecule has 1 aliphatic rings. The molecule has 0 aromatic rings. The molecule has 1 unspecified atom stereocenters. The van der Waals surface area contributed by atoms with E-state index in [1.165, 1.54) is 0 Å². The number of rotatable bonds is 5. The van der Waals surface area contributed by atoms with Crippen LogP contribution in [0.4, 0.5) is 0 Å². The van der Waals surface area contributed by atoms with Crippen LogP contribution in [0.3, 0.4) is 0 Å². The Morgan fingerprint density at radius 3 is 2.62 bits per heavy atom. The lowest BCUT2D eigenvalue weighted by molar-refractivity contribution is -0.130. The smallest absolute Gasteiger partial charge is 0.228 e. The third-order valence-corrected chi connectivity index (χ3v) is 3.52. The summed E-state index contributed by atoms with van der Waals surface area (Å²) in [6.07, 6.45) is 11.2. The first kappa shape index (κ1) is 13.1. The van der Waals surface area contributed by atoms with Crippen molar-refractivity contribution in [2.45, 2.75) is 51.5 Å². The lowest BCUT2D eigenvalue weighted by Crippen LogP contribution is -2.47. The fourth-order valence-electron chi connectivity index (χ4n) is 2.37. The summed E-state index contributed by atoms with van der Waals surface area (Å²) in [5.74, 6) is 2.69. The van der Waals surface area contributed by atoms with E-state index < -0.39 is 0 Å². The zero-order chi connectivity index (χ0) is 12.0. The van der Waals surface area contributed by atoms with Gasteiger partial charge in [-0.15, -0.1) is 6.42 Å². The second kappa shape index (κ2) is 5.91. The number of terminal acetylenes is 1. The van der Waals surface area contributed by atoms with Crippen LogP contribution < -0.4 is 11.1 Å². The highest BCUT2D eigenvalue weighted by Gasteiger charge is 2.40. The summed E-state index contributed by atoms with van der Waals surface area (Å²) >= 11 is 0. The van der Waals surface area contributed by atoms with E-state index in [-0.39, 0.29) is 17.4 Å². The standard InChI is InChI=1S/C13H22N2O/c1-3-7-11(4-2)15-12(16)13(10-14)8-5-6-9-13/h2,11H,3,5-10,14H2,1H3,(H,15,16). The highest BCUT2D eigenvalue weighted by atomic mass is 16.2. The molecule has 3 nitrogen and oxygen atoms in total. The number of carbonyl (C=O) groups excluding carboxylic acids is 1. The van der Waals surface area contributed by atoms with Gasteiger partial charge in [0.15, 0.2) is 0 Å². The normalized spacial score (nSPS) is 20.1. The Kier molecular flexibility index (Phi) is 4.82. The van der Waals surface area contributed by atoms with Crippen LogP contribution >= 0.6 is 0 Å². The third kappa shape index (κ3) is 2.76. The van der Waals surface area contributed by atoms with E-state index in [0.717, 1.165) is 38.5 Å². The molecule has 0 aromatic carbocycles. The molecule has 0 aliphatic heterocycles. The number of hydrogen-bond acceptors (Lipinski definition) is 2. The van der Waals surface area contributed by atoms with Crippen molar-refractivity contribution >= 4 is 5.91 Å². The SMILES string of the molecule is C#CC(CCC)NC(=O)C1(CN)CCCC1. The Morgan fingerprint density at radius 1 is 1.56 bits per heavy atom. The Bertz CT molecular complexity index is 274. The average Bonchev–Trinajstić information content (AvgIpc) is 2.78. The van der Waals surface area contributed by atoms with Gasteiger partial charge in [-0.2, -0.15) is 0 Å². The molecule has 0 heterocycles. The summed E-state index contributed by atoms with van der Waals surface area (Å²) < 4.78 is 0. The van der Waals surface area contributed by atoms with E-state index in [4.69, 9.17) is 12.2 Å². The highest BCUT2D eigenvalue weighted by Crippen LogP contribution is 2.37. The monoisotopic (exact) mass is 222 g/mol. The minimum absolute atomic E-state index is 0.0592. The predicted molar refractivity (Wildman–Crippen MR) is 65.6 cm³/mol. The van der Waals surface area contributed by atoms with Crippen LogP contribution in [0.25, 0.3) is 0 Å². The van der Waals surface area contributed by atoms with Crippen LogP contribution in [-0.2, 0) is 4.79 Å². The molecule has 1 aliphatic carbocycles. The van der Waals surface area contributed by atoms with Crippen LogP contribution in [0, 0.1) is 17.8 Å². The first-order chi connectivity index (χ1) is 7.68. The van der Waals surface area contributed by atoms with Crippen LogP contribution in [-0.4, -0.2) is 18.5 Å². The molecular weight excluding hydrogens is 200 g/mol. The van der Waals surface area contributed by atoms with Crippen molar-refractivity contribution in [3.8, 4) is 12.3 Å². The Labute approximate surface area is 98.2 Å². The van der Waals surface area contributed by atoms with E-state index in [1.807, 2.05) is 0 Å². The van der Waals surface area contributed by atoms with Crippen LogP contribution in [0.15, 0.2) is 0 Å². The van der Waals surface area contributed by atoms with Crippen LogP contribution in [0.2, 0.25) is 0 Å². The molecule has 0 radical (unpaired) electrons. The van der Waals surface area contributed by atoms with Crippen molar-refractivity contribution < 1.29 is 4.79 Å². The van der Waals surface area contributed by atoms with Crippen LogP contribution in [0.1, 0.15) is 45.4 Å². The first-order valence-corrected chi connectivity index (χ1v) is 6.15. The fourth-order valence-corrected chi connectivity index (χ4v) is 2.37. The minimum atomic E-state index is -0.344. The van der Waals surface area contributed by atoms with Crippen molar-refractivity contribution in [3.05, 3.63) is 0 Å². The average molecular weight is 222 g/mol. The number of hydrogen-bond donors (Lipinski definition) is 2. The van der Waals surface area contributed by atoms with E-state index in [2.05, 4.69) is 18.2 Å². The molecule has 3 N–H and O–H groups in total. The second-order valence-corrected chi connectivity index (χ2v) is 4.67. The maximum Gasteiger partial charge on any atom is 0.228 e. The number of nitrogens with two attached hydrogens (primary N) is 1. The summed E-state index contributed by atoms with van der Waals surface area (Å²) in [6.45, 7) is 2.49. The van der Waals surface area contributed by atoms with Crippen LogP contribution in [0.5, 0.6) is 0 Å². The van der Waals surface area contributed by atoms with E-state index in [0.29, 0.717) is 6.54 Å². The summed E-state index contributed by atoms with van der Waals surface area (Å²) in [6, 6.07) is -0.137. The molecule has 0 bridgehead atoms. The van der Waals surface area contributed by atoms with Crippen molar-refractivity contribution in [2.75, 3.05) is 6.54 Å². The maximum absolute atomic E-state index is 12.2. The van der Waals surface area contributed by atoms with Crippen molar-refractivity contribution in [1.82, 2.24) is 5.32 Å². The van der Waals surface area contributed by atoms with Crippen molar-refractivity contribution in [3.63, 3.8) is 0 Å². The van der Waals surface area contributed by atoms with E-state index in [9.17, 15) is 4.79 Å². The van der Waals surface area contributed by atoms with Gasteiger partial charge < -0.3 is 11.1 Å². The molecule has 90 valence electrons. The predicted octanol–water partition coefficient (Wildman–Crippen LogP) is 1.42. The van der Waals surface area contributed by atoms with E-state index >= 15 is 0 Å². The molecule has 0 saturated heterocycles. The Hall–Kier alpha value is -1.01. The number of carbonyl (C=O) groups is 1.